The van der Waals surface area contributed by atoms with Crippen LogP contribution in [-0.4, -0.2) is 35.2 Å². The monoisotopic (exact) mass is 364 g/mol. The molecule has 0 heterocycles. The first-order chi connectivity index (χ1) is 10.7. The van der Waals surface area contributed by atoms with Crippen molar-refractivity contribution in [3.8, 4) is 0 Å². The maximum atomic E-state index is 13.0. The largest absolute Gasteiger partial charge is 0.240 e. The molecule has 2 rings (SSSR count). The van der Waals surface area contributed by atoms with Gasteiger partial charge in [0, 0.05) is 12.6 Å². The molecule has 23 heavy (non-hydrogen) atoms. The van der Waals surface area contributed by atoms with Crippen molar-refractivity contribution in [1.29, 1.82) is 0 Å². The van der Waals surface area contributed by atoms with Crippen LogP contribution in [0, 0.1) is 12.7 Å². The summed E-state index contributed by atoms with van der Waals surface area (Å²) in [6, 6.07) is 3.29. The Morgan fingerprint density at radius 2 is 1.83 bits per heavy atom. The van der Waals surface area contributed by atoms with Gasteiger partial charge in [0.15, 0.2) is 0 Å². The number of hydrogen-bond acceptors (Lipinski definition) is 4. The molecule has 130 valence electrons. The van der Waals surface area contributed by atoms with Crippen LogP contribution in [0.5, 0.6) is 0 Å². The number of nitrogens with one attached hydrogen (secondary N) is 2. The fourth-order valence-corrected chi connectivity index (χ4v) is 5.28. The maximum absolute atomic E-state index is 13.0. The van der Waals surface area contributed by atoms with E-state index in [9.17, 15) is 21.2 Å². The van der Waals surface area contributed by atoms with E-state index in [2.05, 4.69) is 9.44 Å². The number of aryl methyl sites for hydroxylation is 1. The second kappa shape index (κ2) is 7.25. The van der Waals surface area contributed by atoms with Crippen LogP contribution in [0.25, 0.3) is 0 Å². The Kier molecular flexibility index (Phi) is 5.77. The lowest BCUT2D eigenvalue weighted by molar-refractivity contribution is 0.550. The Hall–Kier alpha value is -1.03. The molecule has 0 amide bonds. The van der Waals surface area contributed by atoms with Gasteiger partial charge in [-0.2, -0.15) is 0 Å². The van der Waals surface area contributed by atoms with Crippen LogP contribution < -0.4 is 9.44 Å². The van der Waals surface area contributed by atoms with Gasteiger partial charge in [-0.25, -0.2) is 30.7 Å². The molecule has 0 aliphatic heterocycles. The zero-order valence-corrected chi connectivity index (χ0v) is 14.5. The van der Waals surface area contributed by atoms with Crippen molar-refractivity contribution in [2.24, 2.45) is 0 Å². The van der Waals surface area contributed by atoms with E-state index in [0.717, 1.165) is 43.9 Å². The minimum absolute atomic E-state index is 0.0454. The smallest absolute Gasteiger partial charge is 0.212 e. The molecule has 0 radical (unpaired) electrons. The highest BCUT2D eigenvalue weighted by Crippen LogP contribution is 2.18. The highest BCUT2D eigenvalue weighted by Gasteiger charge is 2.22. The van der Waals surface area contributed by atoms with E-state index in [1.165, 1.54) is 6.92 Å². The number of halogens is 1. The van der Waals surface area contributed by atoms with Crippen LogP contribution in [0.4, 0.5) is 4.39 Å². The van der Waals surface area contributed by atoms with Gasteiger partial charge in [0.2, 0.25) is 20.0 Å². The van der Waals surface area contributed by atoms with E-state index >= 15 is 0 Å². The minimum atomic E-state index is -3.87. The molecule has 1 saturated carbocycles. The summed E-state index contributed by atoms with van der Waals surface area (Å²) in [6.45, 7) is 1.25. The normalized spacial score (nSPS) is 16.8. The van der Waals surface area contributed by atoms with Gasteiger partial charge in [0.05, 0.1) is 10.6 Å². The molecule has 0 spiro atoms. The Balaban J connectivity index is 1.94. The molecule has 0 aromatic heterocycles. The lowest BCUT2D eigenvalue weighted by Crippen LogP contribution is -2.38. The molecular formula is C14H21FN2O4S2. The summed E-state index contributed by atoms with van der Waals surface area (Å²) in [5, 5.41) is 0. The Bertz CT molecular complexity index is 757. The molecule has 1 aliphatic rings. The zero-order valence-electron chi connectivity index (χ0n) is 12.9. The van der Waals surface area contributed by atoms with Gasteiger partial charge in [-0.1, -0.05) is 12.8 Å². The molecule has 6 nitrogen and oxygen atoms in total. The molecule has 1 aromatic rings. The minimum Gasteiger partial charge on any atom is -0.212 e. The van der Waals surface area contributed by atoms with Gasteiger partial charge in [-0.05, 0) is 43.5 Å². The van der Waals surface area contributed by atoms with Crippen LogP contribution in [-0.2, 0) is 20.0 Å². The second-order valence-corrected chi connectivity index (χ2v) is 9.33. The third-order valence-electron chi connectivity index (χ3n) is 3.79. The fraction of sp³-hybridized carbons (Fsp3) is 0.571. The Labute approximate surface area is 136 Å². The molecule has 9 heteroatoms. The first-order valence-electron chi connectivity index (χ1n) is 7.45. The molecule has 0 unspecified atom stereocenters. The van der Waals surface area contributed by atoms with Crippen molar-refractivity contribution in [2.75, 3.05) is 12.3 Å². The average molecular weight is 364 g/mol. The van der Waals surface area contributed by atoms with Gasteiger partial charge in [0.25, 0.3) is 0 Å². The van der Waals surface area contributed by atoms with Crippen molar-refractivity contribution in [1.82, 2.24) is 9.44 Å². The van der Waals surface area contributed by atoms with Crippen LogP contribution in [0.1, 0.15) is 31.2 Å². The van der Waals surface area contributed by atoms with E-state index < -0.39 is 25.9 Å². The highest BCUT2D eigenvalue weighted by molar-refractivity contribution is 7.90. The molecule has 2 N–H and O–H groups in total. The van der Waals surface area contributed by atoms with Gasteiger partial charge < -0.3 is 0 Å². The predicted molar refractivity (Wildman–Crippen MR) is 85.5 cm³/mol. The van der Waals surface area contributed by atoms with Gasteiger partial charge >= 0.3 is 0 Å². The van der Waals surface area contributed by atoms with E-state index in [1.807, 2.05) is 0 Å². The Morgan fingerprint density at radius 3 is 2.43 bits per heavy atom. The maximum Gasteiger partial charge on any atom is 0.240 e. The van der Waals surface area contributed by atoms with E-state index in [0.29, 0.717) is 0 Å². The topological polar surface area (TPSA) is 92.3 Å². The summed E-state index contributed by atoms with van der Waals surface area (Å²) < 4.78 is 66.0. The van der Waals surface area contributed by atoms with Crippen LogP contribution in [0.15, 0.2) is 23.1 Å². The highest BCUT2D eigenvalue weighted by atomic mass is 32.2. The standard InChI is InChI=1S/C14H21FN2O4S2/c1-11-10-12(15)6-7-14(11)23(20,21)16-8-9-22(18,19)17-13-4-2-3-5-13/h6-7,10,13,16-17H,2-5,8-9H2,1H3. The SMILES string of the molecule is Cc1cc(F)ccc1S(=O)(=O)NCCS(=O)(=O)NC1CCCC1. The molecule has 0 saturated heterocycles. The van der Waals surface area contributed by atoms with Crippen molar-refractivity contribution in [3.05, 3.63) is 29.6 Å². The van der Waals surface area contributed by atoms with Crippen molar-refractivity contribution in [2.45, 2.75) is 43.5 Å². The third-order valence-corrected chi connectivity index (χ3v) is 6.85. The molecule has 1 aromatic carbocycles. The van der Waals surface area contributed by atoms with Crippen molar-refractivity contribution in [3.63, 3.8) is 0 Å². The van der Waals surface area contributed by atoms with Crippen LogP contribution >= 0.6 is 0 Å². The second-order valence-electron chi connectivity index (χ2n) is 5.73. The summed E-state index contributed by atoms with van der Waals surface area (Å²) in [4.78, 5) is -0.0555. The number of benzene rings is 1. The predicted octanol–water partition coefficient (Wildman–Crippen LogP) is 1.27. The van der Waals surface area contributed by atoms with E-state index in [4.69, 9.17) is 0 Å². The summed E-state index contributed by atoms with van der Waals surface area (Å²) in [5.74, 6) is -0.854. The molecule has 0 atom stereocenters. The average Bonchev–Trinajstić information content (AvgIpc) is 2.89. The van der Waals surface area contributed by atoms with Crippen LogP contribution in [0.3, 0.4) is 0 Å². The first kappa shape index (κ1) is 18.3. The number of hydrogen-bond donors (Lipinski definition) is 2. The third kappa shape index (κ3) is 5.23. The quantitative estimate of drug-likeness (QED) is 0.762. The number of rotatable bonds is 7. The first-order valence-corrected chi connectivity index (χ1v) is 10.6. The lowest BCUT2D eigenvalue weighted by Gasteiger charge is -2.13. The van der Waals surface area contributed by atoms with Crippen LogP contribution in [0.2, 0.25) is 0 Å². The summed E-state index contributed by atoms with van der Waals surface area (Å²) >= 11 is 0. The van der Waals surface area contributed by atoms with Gasteiger partial charge in [-0.15, -0.1) is 0 Å². The number of sulfonamides is 2. The van der Waals surface area contributed by atoms with E-state index in [1.54, 1.807) is 0 Å². The molecule has 1 aliphatic carbocycles. The Morgan fingerprint density at radius 1 is 1.17 bits per heavy atom. The fourth-order valence-electron chi connectivity index (χ4n) is 2.66. The van der Waals surface area contributed by atoms with E-state index in [-0.39, 0.29) is 28.8 Å². The molecular weight excluding hydrogens is 343 g/mol. The lowest BCUT2D eigenvalue weighted by atomic mass is 10.2. The summed E-state index contributed by atoms with van der Waals surface area (Å²) in [7, 11) is -7.39. The van der Waals surface area contributed by atoms with Gasteiger partial charge in [-0.3, -0.25) is 0 Å². The molecule has 0 bridgehead atoms. The van der Waals surface area contributed by atoms with Crippen molar-refractivity contribution < 1.29 is 21.2 Å². The van der Waals surface area contributed by atoms with Gasteiger partial charge in [0.1, 0.15) is 5.82 Å². The molecule has 1 fully saturated rings. The van der Waals surface area contributed by atoms with Crippen molar-refractivity contribution >= 4 is 20.0 Å². The summed E-state index contributed by atoms with van der Waals surface area (Å²) in [5.41, 5.74) is 0.268. The zero-order chi connectivity index (χ0) is 17.1. The summed E-state index contributed by atoms with van der Waals surface area (Å²) in [6.07, 6.45) is 3.65.